The number of rotatable bonds is 4. The molecule has 1 aromatic carbocycles. The lowest BCUT2D eigenvalue weighted by molar-refractivity contribution is -0.141. The summed E-state index contributed by atoms with van der Waals surface area (Å²) in [5, 5.41) is 0. The van der Waals surface area contributed by atoms with Gasteiger partial charge in [-0.2, -0.15) is 0 Å². The van der Waals surface area contributed by atoms with Crippen LogP contribution >= 0.6 is 0 Å². The largest absolute Gasteiger partial charge is 0.469 e. The van der Waals surface area contributed by atoms with Crippen LogP contribution in [0.1, 0.15) is 96.0 Å². The van der Waals surface area contributed by atoms with Crippen LogP contribution in [0.4, 0.5) is 5.69 Å². The Morgan fingerprint density at radius 3 is 2.18 bits per heavy atom. The van der Waals surface area contributed by atoms with Crippen molar-refractivity contribution in [3.8, 4) is 0 Å². The number of methoxy groups -OCH3 is 1. The van der Waals surface area contributed by atoms with E-state index in [1.807, 2.05) is 0 Å². The van der Waals surface area contributed by atoms with Crippen molar-refractivity contribution in [3.05, 3.63) is 29.8 Å². The molecule has 2 saturated heterocycles. The standard InChI is InChI=1S/C29H44N2O2/c1-20-8-6-9-21(2)15-26(14-20)31-23-10-7-11-24(31)18-25(17-23)30-19-22(16-29(32)33-3)27-12-4-5-13-28(27)30/h4-5,12-13,20-26H,6-11,14-19H2,1-3H3. The number of nitrogens with zero attached hydrogens (tertiary/aromatic N) is 2. The van der Waals surface area contributed by atoms with E-state index in [4.69, 9.17) is 4.74 Å². The predicted octanol–water partition coefficient (Wildman–Crippen LogP) is 6.14. The van der Waals surface area contributed by atoms with Crippen molar-refractivity contribution < 1.29 is 9.53 Å². The molecule has 0 N–H and O–H groups in total. The SMILES string of the molecule is COC(=O)CC1CN(C2CC3CCCC(C2)N3C2CC(C)CCCC(C)C2)c2ccccc21. The molecule has 5 rings (SSSR count). The van der Waals surface area contributed by atoms with Gasteiger partial charge in [0.2, 0.25) is 0 Å². The zero-order chi connectivity index (χ0) is 22.9. The molecule has 2 bridgehead atoms. The monoisotopic (exact) mass is 452 g/mol. The lowest BCUT2D eigenvalue weighted by Crippen LogP contribution is -2.60. The maximum atomic E-state index is 12.1. The quantitative estimate of drug-likeness (QED) is 0.514. The van der Waals surface area contributed by atoms with Gasteiger partial charge in [0, 0.05) is 42.3 Å². The molecule has 3 heterocycles. The van der Waals surface area contributed by atoms with E-state index in [2.05, 4.69) is 47.9 Å². The second-order valence-corrected chi connectivity index (χ2v) is 11.8. The fourth-order valence-corrected chi connectivity index (χ4v) is 7.89. The van der Waals surface area contributed by atoms with Crippen molar-refractivity contribution >= 4 is 11.7 Å². The molecule has 0 amide bonds. The number of carbonyl (C=O) groups is 1. The fraction of sp³-hybridized carbons (Fsp3) is 0.759. The summed E-state index contributed by atoms with van der Waals surface area (Å²) in [4.78, 5) is 17.8. The Kier molecular flexibility index (Phi) is 7.02. The summed E-state index contributed by atoms with van der Waals surface area (Å²) in [5.74, 6) is 1.91. The number of para-hydroxylation sites is 1. The van der Waals surface area contributed by atoms with E-state index in [-0.39, 0.29) is 11.9 Å². The highest BCUT2D eigenvalue weighted by molar-refractivity contribution is 5.73. The van der Waals surface area contributed by atoms with Crippen molar-refractivity contribution in [1.29, 1.82) is 0 Å². The molecular formula is C29H44N2O2. The van der Waals surface area contributed by atoms with Crippen molar-refractivity contribution in [2.75, 3.05) is 18.6 Å². The van der Waals surface area contributed by atoms with Crippen molar-refractivity contribution in [3.63, 3.8) is 0 Å². The first kappa shape index (κ1) is 23.2. The van der Waals surface area contributed by atoms with Crippen LogP contribution in [0.3, 0.4) is 0 Å². The van der Waals surface area contributed by atoms with Gasteiger partial charge in [-0.1, -0.05) is 57.7 Å². The Bertz CT molecular complexity index is 800. The molecule has 0 radical (unpaired) electrons. The maximum absolute atomic E-state index is 12.1. The number of ether oxygens (including phenoxy) is 1. The summed E-state index contributed by atoms with van der Waals surface area (Å²) in [7, 11) is 1.51. The van der Waals surface area contributed by atoms with Gasteiger partial charge in [-0.15, -0.1) is 0 Å². The molecule has 0 aromatic heterocycles. The summed E-state index contributed by atoms with van der Waals surface area (Å²) in [6.07, 6.45) is 14.3. The Labute approximate surface area is 201 Å². The summed E-state index contributed by atoms with van der Waals surface area (Å²) in [5.41, 5.74) is 2.72. The zero-order valence-corrected chi connectivity index (χ0v) is 21.0. The minimum Gasteiger partial charge on any atom is -0.469 e. The average Bonchev–Trinajstić information content (AvgIpc) is 3.15. The number of carbonyl (C=O) groups excluding carboxylic acids is 1. The lowest BCUT2D eigenvalue weighted by atomic mass is 9.76. The van der Waals surface area contributed by atoms with E-state index in [9.17, 15) is 4.79 Å². The van der Waals surface area contributed by atoms with E-state index in [0.717, 1.165) is 36.5 Å². The highest BCUT2D eigenvalue weighted by Crippen LogP contribution is 2.46. The Hall–Kier alpha value is -1.55. The van der Waals surface area contributed by atoms with Gasteiger partial charge in [-0.05, 0) is 62.0 Å². The van der Waals surface area contributed by atoms with Gasteiger partial charge in [0.05, 0.1) is 13.5 Å². The normalized spacial score (nSPS) is 37.2. The van der Waals surface area contributed by atoms with E-state index >= 15 is 0 Å². The summed E-state index contributed by atoms with van der Waals surface area (Å²) in [6, 6.07) is 11.7. The zero-order valence-electron chi connectivity index (χ0n) is 21.0. The minimum atomic E-state index is -0.0872. The molecule has 1 aromatic rings. The van der Waals surface area contributed by atoms with Crippen LogP contribution < -0.4 is 4.90 Å². The molecule has 182 valence electrons. The van der Waals surface area contributed by atoms with Gasteiger partial charge < -0.3 is 9.64 Å². The summed E-state index contributed by atoms with van der Waals surface area (Å²) < 4.78 is 5.02. The fourth-order valence-electron chi connectivity index (χ4n) is 7.89. The maximum Gasteiger partial charge on any atom is 0.306 e. The number of anilines is 1. The number of benzene rings is 1. The topological polar surface area (TPSA) is 32.8 Å². The van der Waals surface area contributed by atoms with Crippen LogP contribution in [0.25, 0.3) is 0 Å². The van der Waals surface area contributed by atoms with E-state index in [0.29, 0.717) is 12.5 Å². The first-order chi connectivity index (χ1) is 16.0. The molecular weight excluding hydrogens is 408 g/mol. The molecule has 1 saturated carbocycles. The van der Waals surface area contributed by atoms with Crippen molar-refractivity contribution in [2.24, 2.45) is 11.8 Å². The van der Waals surface area contributed by atoms with Gasteiger partial charge in [0.25, 0.3) is 0 Å². The van der Waals surface area contributed by atoms with Crippen molar-refractivity contribution in [2.45, 2.75) is 115 Å². The predicted molar refractivity (Wildman–Crippen MR) is 135 cm³/mol. The number of piperidine rings is 2. The minimum absolute atomic E-state index is 0.0872. The number of hydrogen-bond donors (Lipinski definition) is 0. The van der Waals surface area contributed by atoms with Crippen LogP contribution in [0.5, 0.6) is 0 Å². The first-order valence-electron chi connectivity index (χ1n) is 13.7. The van der Waals surface area contributed by atoms with Gasteiger partial charge in [0.1, 0.15) is 0 Å². The van der Waals surface area contributed by atoms with Crippen LogP contribution in [0.15, 0.2) is 24.3 Å². The lowest BCUT2D eigenvalue weighted by Gasteiger charge is -2.55. The third kappa shape index (κ3) is 4.83. The number of esters is 1. The molecule has 3 aliphatic heterocycles. The third-order valence-corrected chi connectivity index (χ3v) is 9.36. The molecule has 1 aliphatic carbocycles. The second kappa shape index (κ2) is 9.98. The Morgan fingerprint density at radius 1 is 0.879 bits per heavy atom. The van der Waals surface area contributed by atoms with Gasteiger partial charge in [-0.25, -0.2) is 0 Å². The molecule has 4 aliphatic rings. The highest BCUT2D eigenvalue weighted by Gasteiger charge is 2.45. The van der Waals surface area contributed by atoms with Crippen LogP contribution in [0.2, 0.25) is 0 Å². The Balaban J connectivity index is 1.34. The van der Waals surface area contributed by atoms with E-state index in [1.54, 1.807) is 0 Å². The van der Waals surface area contributed by atoms with E-state index in [1.165, 1.54) is 82.6 Å². The van der Waals surface area contributed by atoms with Crippen molar-refractivity contribution in [1.82, 2.24) is 4.90 Å². The van der Waals surface area contributed by atoms with Crippen LogP contribution in [-0.2, 0) is 9.53 Å². The Morgan fingerprint density at radius 2 is 1.52 bits per heavy atom. The molecule has 4 nitrogen and oxygen atoms in total. The number of hydrogen-bond acceptors (Lipinski definition) is 4. The van der Waals surface area contributed by atoms with E-state index < -0.39 is 0 Å². The summed E-state index contributed by atoms with van der Waals surface area (Å²) in [6.45, 7) is 5.96. The molecule has 33 heavy (non-hydrogen) atoms. The smallest absolute Gasteiger partial charge is 0.306 e. The highest BCUT2D eigenvalue weighted by atomic mass is 16.5. The third-order valence-electron chi connectivity index (χ3n) is 9.36. The van der Waals surface area contributed by atoms with Gasteiger partial charge in [0.15, 0.2) is 0 Å². The van der Waals surface area contributed by atoms with Gasteiger partial charge in [-0.3, -0.25) is 9.69 Å². The molecule has 4 heteroatoms. The molecule has 3 fully saturated rings. The van der Waals surface area contributed by atoms with Crippen LogP contribution in [0, 0.1) is 11.8 Å². The first-order valence-corrected chi connectivity index (χ1v) is 13.7. The average molecular weight is 453 g/mol. The second-order valence-electron chi connectivity index (χ2n) is 11.8. The van der Waals surface area contributed by atoms with Crippen LogP contribution in [-0.4, -0.2) is 48.7 Å². The summed E-state index contributed by atoms with van der Waals surface area (Å²) >= 11 is 0. The molecule has 0 spiro atoms. The number of fused-ring (bicyclic) bond motifs is 3. The molecule has 5 unspecified atom stereocenters. The van der Waals surface area contributed by atoms with Gasteiger partial charge >= 0.3 is 5.97 Å². The molecule has 5 atom stereocenters.